The van der Waals surface area contributed by atoms with Crippen molar-refractivity contribution in [3.8, 4) is 0 Å². The second kappa shape index (κ2) is 3.95. The smallest absolute Gasteiger partial charge is 0.294 e. The van der Waals surface area contributed by atoms with Crippen LogP contribution in [0.1, 0.15) is 5.69 Å². The fourth-order valence-electron chi connectivity index (χ4n) is 1.02. The van der Waals surface area contributed by atoms with Crippen LogP contribution in [0.5, 0.6) is 0 Å². The SMILES string of the molecule is O=c1ccn(Cc2nnsc2Cl)c(=O)[nH]1. The first-order chi connectivity index (χ1) is 7.16. The molecule has 0 saturated carbocycles. The Morgan fingerprint density at radius 2 is 2.33 bits per heavy atom. The Morgan fingerprint density at radius 1 is 1.53 bits per heavy atom. The first kappa shape index (κ1) is 10.1. The van der Waals surface area contributed by atoms with Crippen molar-refractivity contribution in [2.75, 3.05) is 0 Å². The Bertz CT molecular complexity index is 587. The number of H-pyrrole nitrogens is 1. The molecule has 0 spiro atoms. The van der Waals surface area contributed by atoms with E-state index in [1.807, 2.05) is 0 Å². The van der Waals surface area contributed by atoms with E-state index in [1.165, 1.54) is 16.8 Å². The topological polar surface area (TPSA) is 80.6 Å². The minimum absolute atomic E-state index is 0.199. The summed E-state index contributed by atoms with van der Waals surface area (Å²) in [5.74, 6) is 0. The number of nitrogens with one attached hydrogen (secondary N) is 1. The average molecular weight is 245 g/mol. The quantitative estimate of drug-likeness (QED) is 0.812. The van der Waals surface area contributed by atoms with Gasteiger partial charge in [-0.1, -0.05) is 16.1 Å². The van der Waals surface area contributed by atoms with Gasteiger partial charge in [0.2, 0.25) is 0 Å². The van der Waals surface area contributed by atoms with Gasteiger partial charge in [0.15, 0.2) is 0 Å². The van der Waals surface area contributed by atoms with Gasteiger partial charge in [0.1, 0.15) is 10.0 Å². The highest BCUT2D eigenvalue weighted by Crippen LogP contribution is 2.17. The van der Waals surface area contributed by atoms with Gasteiger partial charge >= 0.3 is 5.69 Å². The lowest BCUT2D eigenvalue weighted by atomic mass is 10.5. The molecule has 0 aliphatic carbocycles. The maximum atomic E-state index is 11.3. The average Bonchev–Trinajstić information content (AvgIpc) is 2.57. The lowest BCUT2D eigenvalue weighted by Crippen LogP contribution is -2.29. The van der Waals surface area contributed by atoms with E-state index in [0.717, 1.165) is 11.5 Å². The molecule has 78 valence electrons. The summed E-state index contributed by atoms with van der Waals surface area (Å²) in [5, 5.41) is 3.76. The van der Waals surface area contributed by atoms with E-state index >= 15 is 0 Å². The van der Waals surface area contributed by atoms with E-state index in [4.69, 9.17) is 11.6 Å². The van der Waals surface area contributed by atoms with Gasteiger partial charge in [-0.05, 0) is 0 Å². The number of nitrogens with zero attached hydrogens (tertiary/aromatic N) is 3. The van der Waals surface area contributed by atoms with Crippen LogP contribution in [0.4, 0.5) is 0 Å². The molecule has 0 aromatic carbocycles. The van der Waals surface area contributed by atoms with Crippen LogP contribution >= 0.6 is 23.1 Å². The minimum Gasteiger partial charge on any atom is -0.294 e. The predicted molar refractivity (Wildman–Crippen MR) is 55.3 cm³/mol. The molecule has 2 aromatic heterocycles. The number of aromatic nitrogens is 4. The van der Waals surface area contributed by atoms with E-state index in [1.54, 1.807) is 0 Å². The van der Waals surface area contributed by atoms with Gasteiger partial charge in [0.05, 0.1) is 6.54 Å². The molecule has 0 amide bonds. The second-order valence-electron chi connectivity index (χ2n) is 2.73. The van der Waals surface area contributed by atoms with Crippen LogP contribution in [0.25, 0.3) is 0 Å². The molecule has 0 unspecified atom stereocenters. The first-order valence-electron chi connectivity index (χ1n) is 3.93. The Morgan fingerprint density at radius 3 is 2.93 bits per heavy atom. The third-order valence-corrected chi connectivity index (χ3v) is 2.71. The van der Waals surface area contributed by atoms with Gasteiger partial charge < -0.3 is 0 Å². The summed E-state index contributed by atoms with van der Waals surface area (Å²) in [7, 11) is 0. The summed E-state index contributed by atoms with van der Waals surface area (Å²) in [6.07, 6.45) is 1.39. The molecule has 2 heterocycles. The summed E-state index contributed by atoms with van der Waals surface area (Å²) in [5.41, 5.74) is -0.416. The lowest BCUT2D eigenvalue weighted by molar-refractivity contribution is 0.702. The summed E-state index contributed by atoms with van der Waals surface area (Å²) in [6, 6.07) is 1.26. The zero-order chi connectivity index (χ0) is 10.8. The van der Waals surface area contributed by atoms with Crippen LogP contribution in [-0.2, 0) is 6.54 Å². The van der Waals surface area contributed by atoms with Crippen molar-refractivity contribution in [1.82, 2.24) is 19.1 Å². The molecule has 2 aromatic rings. The summed E-state index contributed by atoms with van der Waals surface area (Å²) in [4.78, 5) is 24.2. The molecule has 0 saturated heterocycles. The van der Waals surface area contributed by atoms with Gasteiger partial charge in [-0.25, -0.2) is 4.79 Å². The maximum absolute atomic E-state index is 11.3. The van der Waals surface area contributed by atoms with Crippen molar-refractivity contribution in [2.24, 2.45) is 0 Å². The highest BCUT2D eigenvalue weighted by molar-refractivity contribution is 7.10. The van der Waals surface area contributed by atoms with Crippen LogP contribution in [0.15, 0.2) is 21.9 Å². The van der Waals surface area contributed by atoms with E-state index in [2.05, 4.69) is 14.6 Å². The van der Waals surface area contributed by atoms with E-state index in [-0.39, 0.29) is 6.54 Å². The molecule has 15 heavy (non-hydrogen) atoms. The summed E-state index contributed by atoms with van der Waals surface area (Å²) < 4.78 is 5.37. The fourth-order valence-corrected chi connectivity index (χ4v) is 1.63. The molecule has 0 aliphatic heterocycles. The zero-order valence-electron chi connectivity index (χ0n) is 7.31. The molecule has 0 fully saturated rings. The normalized spacial score (nSPS) is 10.5. The van der Waals surface area contributed by atoms with Crippen LogP contribution in [0.3, 0.4) is 0 Å². The van der Waals surface area contributed by atoms with Crippen molar-refractivity contribution < 1.29 is 0 Å². The minimum atomic E-state index is -0.494. The maximum Gasteiger partial charge on any atom is 0.328 e. The van der Waals surface area contributed by atoms with Crippen molar-refractivity contribution in [3.63, 3.8) is 0 Å². The zero-order valence-corrected chi connectivity index (χ0v) is 8.88. The standard InChI is InChI=1S/C7H5ClN4O2S/c8-6-4(10-11-15-6)3-12-2-1-5(13)9-7(12)14/h1-2H,3H2,(H,9,13,14). The number of aromatic amines is 1. The monoisotopic (exact) mass is 244 g/mol. The number of hydrogen-bond acceptors (Lipinski definition) is 5. The molecular weight excluding hydrogens is 240 g/mol. The van der Waals surface area contributed by atoms with Crippen molar-refractivity contribution in [1.29, 1.82) is 0 Å². The molecule has 1 N–H and O–H groups in total. The number of hydrogen-bond donors (Lipinski definition) is 1. The molecule has 0 aliphatic rings. The molecular formula is C7H5ClN4O2S. The largest absolute Gasteiger partial charge is 0.328 e. The first-order valence-corrected chi connectivity index (χ1v) is 5.08. The van der Waals surface area contributed by atoms with E-state index in [9.17, 15) is 9.59 Å². The van der Waals surface area contributed by atoms with Crippen LogP contribution < -0.4 is 11.2 Å². The van der Waals surface area contributed by atoms with Gasteiger partial charge in [-0.15, -0.1) is 5.10 Å². The van der Waals surface area contributed by atoms with Crippen molar-refractivity contribution in [3.05, 3.63) is 43.1 Å². The van der Waals surface area contributed by atoms with Crippen molar-refractivity contribution in [2.45, 2.75) is 6.54 Å². The fraction of sp³-hybridized carbons (Fsp3) is 0.143. The molecule has 2 rings (SSSR count). The summed E-state index contributed by atoms with van der Waals surface area (Å²) in [6.45, 7) is 0.199. The van der Waals surface area contributed by atoms with Crippen LogP contribution in [0.2, 0.25) is 4.34 Å². The molecule has 0 bridgehead atoms. The van der Waals surface area contributed by atoms with E-state index in [0.29, 0.717) is 10.0 Å². The van der Waals surface area contributed by atoms with Gasteiger partial charge in [0, 0.05) is 23.8 Å². The van der Waals surface area contributed by atoms with Crippen molar-refractivity contribution >= 4 is 23.1 Å². The van der Waals surface area contributed by atoms with E-state index < -0.39 is 11.2 Å². The van der Waals surface area contributed by atoms with Crippen LogP contribution in [-0.4, -0.2) is 19.1 Å². The molecule has 8 heteroatoms. The van der Waals surface area contributed by atoms with Gasteiger partial charge in [0.25, 0.3) is 5.56 Å². The summed E-state index contributed by atoms with van der Waals surface area (Å²) >= 11 is 6.83. The third kappa shape index (κ3) is 2.13. The Balaban J connectivity index is 2.37. The molecule has 0 atom stereocenters. The lowest BCUT2D eigenvalue weighted by Gasteiger charge is -2.00. The third-order valence-electron chi connectivity index (χ3n) is 1.73. The number of halogens is 1. The Hall–Kier alpha value is -1.47. The Kier molecular flexibility index (Phi) is 2.65. The highest BCUT2D eigenvalue weighted by atomic mass is 35.5. The second-order valence-corrected chi connectivity index (χ2v) is 4.09. The number of rotatable bonds is 2. The van der Waals surface area contributed by atoms with Gasteiger partial charge in [-0.2, -0.15) is 0 Å². The predicted octanol–water partition coefficient (Wildman–Crippen LogP) is 0.0898. The molecule has 0 radical (unpaired) electrons. The molecule has 6 nitrogen and oxygen atoms in total. The van der Waals surface area contributed by atoms with Crippen LogP contribution in [0, 0.1) is 0 Å². The van der Waals surface area contributed by atoms with Gasteiger partial charge in [-0.3, -0.25) is 14.3 Å². The highest BCUT2D eigenvalue weighted by Gasteiger charge is 2.06. The Labute approximate surface area is 92.3 Å².